The highest BCUT2D eigenvalue weighted by molar-refractivity contribution is 5.83. The Morgan fingerprint density at radius 3 is 0.638 bits per heavy atom. The van der Waals surface area contributed by atoms with Crippen LogP contribution >= 0.6 is 0 Å². The van der Waals surface area contributed by atoms with E-state index < -0.39 is 5.41 Å². The van der Waals surface area contributed by atoms with Gasteiger partial charge in [-0.15, -0.1) is 0 Å². The topological polar surface area (TPSA) is 68.3 Å². The van der Waals surface area contributed by atoms with E-state index in [0.29, 0.717) is 25.7 Å². The van der Waals surface area contributed by atoms with Crippen molar-refractivity contribution in [1.29, 1.82) is 0 Å². The highest BCUT2D eigenvalue weighted by Crippen LogP contribution is 2.38. The molecule has 0 rings (SSSR count). The third-order valence-electron chi connectivity index (χ3n) is 10.1. The van der Waals surface area contributed by atoms with Gasteiger partial charge in [0.2, 0.25) is 0 Å². The second-order valence-electron chi connectivity index (χ2n) is 17.4. The van der Waals surface area contributed by atoms with Crippen LogP contribution in [-0.4, -0.2) is 23.1 Å². The van der Waals surface area contributed by atoms with Crippen molar-refractivity contribution in [3.8, 4) is 0 Å². The quantitative estimate of drug-likeness (QED) is 0.0606. The van der Waals surface area contributed by atoms with Gasteiger partial charge in [0, 0.05) is 25.7 Å². The van der Waals surface area contributed by atoms with E-state index in [9.17, 15) is 19.2 Å². The molecule has 0 aromatic heterocycles. The largest absolute Gasteiger partial charge is 0.300 e. The average Bonchev–Trinajstić information content (AvgIpc) is 3.16. The fourth-order valence-corrected chi connectivity index (χ4v) is 6.83. The van der Waals surface area contributed by atoms with E-state index in [4.69, 9.17) is 0 Å². The van der Waals surface area contributed by atoms with Crippen LogP contribution in [0.25, 0.3) is 0 Å². The normalized spacial score (nSPS) is 10.2. The smallest absolute Gasteiger partial charge is 0.130 e. The van der Waals surface area contributed by atoms with Gasteiger partial charge in [0.25, 0.3) is 0 Å². The molecule has 0 aliphatic heterocycles. The minimum absolute atomic E-state index is 0.0361. The van der Waals surface area contributed by atoms with Gasteiger partial charge in [0.05, 0.1) is 0 Å². The number of carbonyl (C=O) groups is 4. The molecule has 0 fully saturated rings. The summed E-state index contributed by atoms with van der Waals surface area (Å²) in [5, 5.41) is 0. The molecule has 0 amide bonds. The molecule has 58 heavy (non-hydrogen) atoms. The summed E-state index contributed by atoms with van der Waals surface area (Å²) in [6, 6.07) is 0. The van der Waals surface area contributed by atoms with E-state index >= 15 is 0 Å². The van der Waals surface area contributed by atoms with Crippen molar-refractivity contribution in [3.05, 3.63) is 0 Å². The lowest BCUT2D eigenvalue weighted by Crippen LogP contribution is -2.29. The third kappa shape index (κ3) is 78.9. The third-order valence-corrected chi connectivity index (χ3v) is 10.1. The molecule has 0 saturated carbocycles. The molecule has 0 radical (unpaired) electrons. The van der Waals surface area contributed by atoms with Crippen LogP contribution in [0.3, 0.4) is 0 Å². The molecule has 0 aromatic carbocycles. The molecule has 0 heterocycles. The Morgan fingerprint density at radius 1 is 0.259 bits per heavy atom. The van der Waals surface area contributed by atoms with Crippen molar-refractivity contribution in [2.24, 2.45) is 5.41 Å². The summed E-state index contributed by atoms with van der Waals surface area (Å²) >= 11 is 0. The Hall–Kier alpha value is -1.32. The second kappa shape index (κ2) is 62.3. The standard InChI is InChI=1S/C19H32O4.5C7H16/c1-15(20)10-8-6-5-7-9-11-19(12-16(2)21,13-17(3)22)14-18(4)23;5*1-3-5-7-6-4-2/h5-14H2,1-4H3;5*3-7H2,1-2H3. The SMILES string of the molecule is CC(=O)CCCCCCCC(CC(C)=O)(CC(C)=O)CC(C)=O.CCCCCCC.CCCCCCC.CCCCCCC.CCCCCCC.CCCCCCC. The van der Waals surface area contributed by atoms with Crippen LogP contribution in [0.1, 0.15) is 322 Å². The van der Waals surface area contributed by atoms with Gasteiger partial charge in [-0.05, 0) is 46.0 Å². The lowest BCUT2D eigenvalue weighted by Gasteiger charge is -2.31. The number of ketones is 4. The Labute approximate surface area is 368 Å². The van der Waals surface area contributed by atoms with Crippen LogP contribution in [0.2, 0.25) is 0 Å². The van der Waals surface area contributed by atoms with Crippen LogP contribution < -0.4 is 0 Å². The summed E-state index contributed by atoms with van der Waals surface area (Å²) in [6.07, 6.45) is 42.2. The summed E-state index contributed by atoms with van der Waals surface area (Å²) in [4.78, 5) is 45.7. The van der Waals surface area contributed by atoms with E-state index in [1.807, 2.05) is 0 Å². The lowest BCUT2D eigenvalue weighted by molar-refractivity contribution is -0.126. The molecule has 4 nitrogen and oxygen atoms in total. The van der Waals surface area contributed by atoms with Gasteiger partial charge in [0.1, 0.15) is 23.1 Å². The molecule has 0 spiro atoms. The van der Waals surface area contributed by atoms with Gasteiger partial charge < -0.3 is 19.2 Å². The predicted molar refractivity (Wildman–Crippen MR) is 263 cm³/mol. The van der Waals surface area contributed by atoms with Gasteiger partial charge in [-0.2, -0.15) is 0 Å². The maximum absolute atomic E-state index is 11.6. The molecule has 0 bridgehead atoms. The van der Waals surface area contributed by atoms with Crippen LogP contribution in [0, 0.1) is 5.41 Å². The zero-order valence-corrected chi connectivity index (χ0v) is 42.9. The first-order valence-electron chi connectivity index (χ1n) is 25.7. The van der Waals surface area contributed by atoms with E-state index in [-0.39, 0.29) is 23.1 Å². The van der Waals surface area contributed by atoms with Crippen LogP contribution in [0.5, 0.6) is 0 Å². The predicted octanol–water partition coefficient (Wildman–Crippen LogP) is 19.1. The second-order valence-corrected chi connectivity index (χ2v) is 17.4. The number of unbranched alkanes of at least 4 members (excludes halogenated alkanes) is 24. The molecular formula is C54H112O4. The molecule has 352 valence electrons. The van der Waals surface area contributed by atoms with Gasteiger partial charge in [0.15, 0.2) is 0 Å². The van der Waals surface area contributed by atoms with Gasteiger partial charge in [-0.1, -0.05) is 255 Å². The summed E-state index contributed by atoms with van der Waals surface area (Å²) in [5.41, 5.74) is -0.497. The van der Waals surface area contributed by atoms with Crippen molar-refractivity contribution >= 4 is 23.1 Å². The fourth-order valence-electron chi connectivity index (χ4n) is 6.83. The van der Waals surface area contributed by atoms with Gasteiger partial charge in [-0.3, -0.25) is 0 Å². The first kappa shape index (κ1) is 68.4. The monoisotopic (exact) mass is 825 g/mol. The Kier molecular flexibility index (Phi) is 73.5. The van der Waals surface area contributed by atoms with Crippen LogP contribution in [-0.2, 0) is 19.2 Å². The number of rotatable bonds is 34. The van der Waals surface area contributed by atoms with Crippen molar-refractivity contribution in [1.82, 2.24) is 0 Å². The van der Waals surface area contributed by atoms with Crippen LogP contribution in [0.15, 0.2) is 0 Å². The van der Waals surface area contributed by atoms with Crippen molar-refractivity contribution in [2.45, 2.75) is 322 Å². The number of carbonyl (C=O) groups excluding carboxylic acids is 4. The highest BCUT2D eigenvalue weighted by Gasteiger charge is 2.33. The molecule has 0 aliphatic rings. The van der Waals surface area contributed by atoms with Gasteiger partial charge in [-0.25, -0.2) is 0 Å². The highest BCUT2D eigenvalue weighted by atomic mass is 16.1. The molecule has 4 heteroatoms. The average molecular weight is 825 g/mol. The molecule has 0 aromatic rings. The minimum atomic E-state index is -0.497. The van der Waals surface area contributed by atoms with Crippen LogP contribution in [0.4, 0.5) is 0 Å². The fraction of sp³-hybridized carbons (Fsp3) is 0.926. The minimum Gasteiger partial charge on any atom is -0.300 e. The number of Topliss-reactive ketones (excluding diaryl/α,β-unsaturated/α-hetero) is 4. The summed E-state index contributed by atoms with van der Waals surface area (Å²) in [5.74, 6) is 0.338. The maximum Gasteiger partial charge on any atom is 0.130 e. The van der Waals surface area contributed by atoms with Crippen molar-refractivity contribution in [2.75, 3.05) is 0 Å². The first-order valence-corrected chi connectivity index (χ1v) is 25.7. The van der Waals surface area contributed by atoms with Crippen molar-refractivity contribution < 1.29 is 19.2 Å². The van der Waals surface area contributed by atoms with E-state index in [0.717, 1.165) is 38.5 Å². The maximum atomic E-state index is 11.6. The molecule has 0 aliphatic carbocycles. The van der Waals surface area contributed by atoms with E-state index in [2.05, 4.69) is 69.2 Å². The molecule has 0 saturated heterocycles. The molecular weight excluding hydrogens is 713 g/mol. The summed E-state index contributed by atoms with van der Waals surface area (Å²) < 4.78 is 0. The Morgan fingerprint density at radius 2 is 0.448 bits per heavy atom. The number of hydrogen-bond acceptors (Lipinski definition) is 4. The first-order chi connectivity index (χ1) is 27.7. The molecule has 0 atom stereocenters. The zero-order chi connectivity index (χ0) is 45.6. The van der Waals surface area contributed by atoms with E-state index in [1.165, 1.54) is 181 Å². The van der Waals surface area contributed by atoms with Crippen molar-refractivity contribution in [3.63, 3.8) is 0 Å². The summed E-state index contributed by atoms with van der Waals surface area (Å²) in [7, 11) is 0. The molecule has 0 N–H and O–H groups in total. The zero-order valence-electron chi connectivity index (χ0n) is 42.9. The number of hydrogen-bond donors (Lipinski definition) is 0. The summed E-state index contributed by atoms with van der Waals surface area (Å²) in [6.45, 7) is 28.6. The van der Waals surface area contributed by atoms with Gasteiger partial charge >= 0.3 is 0 Å². The lowest BCUT2D eigenvalue weighted by atomic mass is 9.71. The Bertz CT molecular complexity index is 667. The van der Waals surface area contributed by atoms with E-state index in [1.54, 1.807) is 6.92 Å². The molecule has 0 unspecified atom stereocenters. The Balaban J connectivity index is -0.000000158.